The van der Waals surface area contributed by atoms with Gasteiger partial charge in [-0.25, -0.2) is 4.98 Å². The van der Waals surface area contributed by atoms with Crippen LogP contribution < -0.4 is 10.1 Å². The maximum absolute atomic E-state index is 5.55. The van der Waals surface area contributed by atoms with Crippen LogP contribution in [0.25, 0.3) is 21.8 Å². The van der Waals surface area contributed by atoms with Crippen LogP contribution >= 0.6 is 0 Å². The maximum atomic E-state index is 5.55. The van der Waals surface area contributed by atoms with Gasteiger partial charge in [0.15, 0.2) is 0 Å². The number of rotatable bonds is 6. The van der Waals surface area contributed by atoms with Gasteiger partial charge in [-0.1, -0.05) is 42.5 Å². The lowest BCUT2D eigenvalue weighted by Gasteiger charge is -2.12. The Morgan fingerprint density at radius 2 is 1.84 bits per heavy atom. The summed E-state index contributed by atoms with van der Waals surface area (Å²) in [5.41, 5.74) is 3.31. The average Bonchev–Trinajstić information content (AvgIpc) is 3.08. The van der Waals surface area contributed by atoms with E-state index in [9.17, 15) is 0 Å². The first-order valence-electron chi connectivity index (χ1n) is 8.54. The van der Waals surface area contributed by atoms with E-state index in [4.69, 9.17) is 4.74 Å². The number of ether oxygens (including phenoxy) is 1. The van der Waals surface area contributed by atoms with Crippen LogP contribution in [0.5, 0.6) is 5.75 Å². The lowest BCUT2D eigenvalue weighted by atomic mass is 10.0. The lowest BCUT2D eigenvalue weighted by Crippen LogP contribution is -2.18. The van der Waals surface area contributed by atoms with E-state index in [1.165, 1.54) is 16.3 Å². The number of nitrogens with one attached hydrogen (secondary N) is 2. The zero-order valence-electron chi connectivity index (χ0n) is 14.3. The Labute approximate surface area is 146 Å². The van der Waals surface area contributed by atoms with Crippen molar-refractivity contribution in [1.82, 2.24) is 15.3 Å². The number of hydrogen-bond acceptors (Lipinski definition) is 3. The molecule has 0 unspecified atom stereocenters. The zero-order chi connectivity index (χ0) is 17.1. The van der Waals surface area contributed by atoms with Gasteiger partial charge in [0, 0.05) is 25.1 Å². The summed E-state index contributed by atoms with van der Waals surface area (Å²) in [7, 11) is 1.72. The first-order valence-corrected chi connectivity index (χ1v) is 8.54. The number of imidazole rings is 1. The van der Waals surface area contributed by atoms with Gasteiger partial charge in [-0.3, -0.25) is 0 Å². The molecule has 0 aliphatic rings. The summed E-state index contributed by atoms with van der Waals surface area (Å²) in [4.78, 5) is 7.99. The molecular formula is C21H21N3O. The van der Waals surface area contributed by atoms with E-state index in [2.05, 4.69) is 51.7 Å². The molecule has 4 nitrogen and oxygen atoms in total. The number of methoxy groups -OCH3 is 1. The van der Waals surface area contributed by atoms with Gasteiger partial charge in [-0.2, -0.15) is 0 Å². The monoisotopic (exact) mass is 331 g/mol. The fraction of sp³-hybridized carbons (Fsp3) is 0.190. The van der Waals surface area contributed by atoms with Crippen molar-refractivity contribution in [3.63, 3.8) is 0 Å². The minimum Gasteiger partial charge on any atom is -0.496 e. The number of benzene rings is 3. The Morgan fingerprint density at radius 1 is 1.00 bits per heavy atom. The molecule has 0 aliphatic heterocycles. The average molecular weight is 331 g/mol. The Bertz CT molecular complexity index is 973. The van der Waals surface area contributed by atoms with Crippen molar-refractivity contribution in [2.45, 2.75) is 13.0 Å². The van der Waals surface area contributed by atoms with Crippen LogP contribution in [0.3, 0.4) is 0 Å². The molecule has 126 valence electrons. The Kier molecular flexibility index (Phi) is 4.36. The molecule has 0 saturated carbocycles. The second-order valence-corrected chi connectivity index (χ2v) is 6.09. The van der Waals surface area contributed by atoms with Gasteiger partial charge in [0.1, 0.15) is 11.6 Å². The molecule has 25 heavy (non-hydrogen) atoms. The van der Waals surface area contributed by atoms with Crippen molar-refractivity contribution in [2.24, 2.45) is 0 Å². The molecule has 2 N–H and O–H groups in total. The van der Waals surface area contributed by atoms with Crippen LogP contribution in [-0.2, 0) is 13.0 Å². The fourth-order valence-corrected chi connectivity index (χ4v) is 3.23. The normalized spacial score (nSPS) is 11.2. The van der Waals surface area contributed by atoms with Crippen molar-refractivity contribution in [3.05, 3.63) is 72.1 Å². The number of nitrogens with zero attached hydrogens (tertiary/aromatic N) is 1. The second-order valence-electron chi connectivity index (χ2n) is 6.09. The Morgan fingerprint density at radius 3 is 2.72 bits per heavy atom. The number of hydrogen-bond donors (Lipinski definition) is 2. The largest absolute Gasteiger partial charge is 0.496 e. The van der Waals surface area contributed by atoms with Gasteiger partial charge in [-0.05, 0) is 29.0 Å². The van der Waals surface area contributed by atoms with Crippen molar-refractivity contribution in [2.75, 3.05) is 13.7 Å². The summed E-state index contributed by atoms with van der Waals surface area (Å²) < 4.78 is 5.55. The highest BCUT2D eigenvalue weighted by Gasteiger charge is 2.08. The summed E-state index contributed by atoms with van der Waals surface area (Å²) in [6.45, 7) is 1.62. The van der Waals surface area contributed by atoms with E-state index in [-0.39, 0.29) is 0 Å². The van der Waals surface area contributed by atoms with Crippen LogP contribution in [0.15, 0.2) is 60.7 Å². The molecule has 0 fully saturated rings. The Balaban J connectivity index is 1.45. The van der Waals surface area contributed by atoms with E-state index in [0.29, 0.717) is 0 Å². The molecule has 0 spiro atoms. The molecule has 3 aromatic carbocycles. The molecule has 0 radical (unpaired) electrons. The van der Waals surface area contributed by atoms with Crippen molar-refractivity contribution in [1.29, 1.82) is 0 Å². The van der Waals surface area contributed by atoms with Crippen LogP contribution in [0.2, 0.25) is 0 Å². The predicted octanol–water partition coefficient (Wildman–Crippen LogP) is 4.06. The summed E-state index contributed by atoms with van der Waals surface area (Å²) >= 11 is 0. The van der Waals surface area contributed by atoms with Crippen molar-refractivity contribution >= 4 is 21.8 Å². The minimum absolute atomic E-state index is 0.769. The van der Waals surface area contributed by atoms with Gasteiger partial charge in [-0.15, -0.1) is 0 Å². The van der Waals surface area contributed by atoms with Crippen LogP contribution in [0.4, 0.5) is 0 Å². The van der Waals surface area contributed by atoms with E-state index >= 15 is 0 Å². The molecule has 0 aliphatic carbocycles. The predicted molar refractivity (Wildman–Crippen MR) is 102 cm³/mol. The summed E-state index contributed by atoms with van der Waals surface area (Å²) in [6.07, 6.45) is 0.863. The van der Waals surface area contributed by atoms with E-state index in [0.717, 1.165) is 42.1 Å². The van der Waals surface area contributed by atoms with Crippen molar-refractivity contribution < 1.29 is 4.74 Å². The van der Waals surface area contributed by atoms with E-state index < -0.39 is 0 Å². The van der Waals surface area contributed by atoms with Gasteiger partial charge in [0.25, 0.3) is 0 Å². The molecule has 1 aromatic heterocycles. The quantitative estimate of drug-likeness (QED) is 0.524. The standard InChI is InChI=1S/C21H21N3O/c1-25-20-11-10-15-6-2-3-7-16(15)17(20)14-22-13-12-21-23-18-8-4-5-9-19(18)24-21/h2-11,22H,12-14H2,1H3,(H,23,24). The highest BCUT2D eigenvalue weighted by Crippen LogP contribution is 2.27. The molecule has 4 aromatic rings. The van der Waals surface area contributed by atoms with Crippen molar-refractivity contribution in [3.8, 4) is 5.75 Å². The number of para-hydroxylation sites is 2. The number of aromatic amines is 1. The zero-order valence-corrected chi connectivity index (χ0v) is 14.3. The number of aromatic nitrogens is 2. The van der Waals surface area contributed by atoms with E-state index in [1.807, 2.05) is 24.3 Å². The van der Waals surface area contributed by atoms with Gasteiger partial charge >= 0.3 is 0 Å². The summed E-state index contributed by atoms with van der Waals surface area (Å²) in [6, 6.07) is 20.7. The molecule has 0 atom stereocenters. The van der Waals surface area contributed by atoms with Crippen LogP contribution in [0.1, 0.15) is 11.4 Å². The third kappa shape index (κ3) is 3.21. The Hall–Kier alpha value is -2.85. The SMILES string of the molecule is COc1ccc2ccccc2c1CNCCc1nc2ccccc2[nH]1. The van der Waals surface area contributed by atoms with Gasteiger partial charge in [0.2, 0.25) is 0 Å². The minimum atomic E-state index is 0.769. The van der Waals surface area contributed by atoms with Gasteiger partial charge in [0.05, 0.1) is 18.1 Å². The highest BCUT2D eigenvalue weighted by molar-refractivity contribution is 5.87. The molecule has 0 amide bonds. The number of fused-ring (bicyclic) bond motifs is 2. The molecule has 1 heterocycles. The first kappa shape index (κ1) is 15.7. The molecule has 4 heteroatoms. The second kappa shape index (κ2) is 6.95. The van der Waals surface area contributed by atoms with Crippen LogP contribution in [0, 0.1) is 0 Å². The summed E-state index contributed by atoms with van der Waals surface area (Å²) in [5.74, 6) is 1.94. The molecule has 0 bridgehead atoms. The first-order chi connectivity index (χ1) is 12.3. The smallest absolute Gasteiger partial charge is 0.123 e. The summed E-state index contributed by atoms with van der Waals surface area (Å²) in [5, 5.41) is 5.99. The fourth-order valence-electron chi connectivity index (χ4n) is 3.23. The lowest BCUT2D eigenvalue weighted by molar-refractivity contribution is 0.409. The van der Waals surface area contributed by atoms with Crippen LogP contribution in [-0.4, -0.2) is 23.6 Å². The topological polar surface area (TPSA) is 49.9 Å². The molecule has 4 rings (SSSR count). The van der Waals surface area contributed by atoms with E-state index in [1.54, 1.807) is 7.11 Å². The highest BCUT2D eigenvalue weighted by atomic mass is 16.5. The maximum Gasteiger partial charge on any atom is 0.123 e. The third-order valence-corrected chi connectivity index (χ3v) is 4.50. The molecular weight excluding hydrogens is 310 g/mol. The number of H-pyrrole nitrogens is 1. The van der Waals surface area contributed by atoms with Gasteiger partial charge < -0.3 is 15.0 Å². The molecule has 0 saturated heterocycles. The third-order valence-electron chi connectivity index (χ3n) is 4.50.